The van der Waals surface area contributed by atoms with Crippen molar-refractivity contribution in [1.82, 2.24) is 9.97 Å². The molecule has 0 bridgehead atoms. The molecule has 0 radical (unpaired) electrons. The normalized spacial score (nSPS) is 10.4. The Morgan fingerprint density at radius 1 is 1.25 bits per heavy atom. The van der Waals surface area contributed by atoms with Crippen LogP contribution in [0.4, 0.5) is 8.78 Å². The van der Waals surface area contributed by atoms with Crippen molar-refractivity contribution in [2.24, 2.45) is 0 Å². The standard InChI is InChI=1S/C11H8F2N2O/c1-6-10(14-5-15-11(6)16)7-2-3-8(12)9(13)4-7/h2-5H,1H3,(H,14,15,16). The molecule has 0 aliphatic heterocycles. The number of rotatable bonds is 1. The zero-order chi connectivity index (χ0) is 11.7. The minimum atomic E-state index is -0.959. The Morgan fingerprint density at radius 3 is 2.69 bits per heavy atom. The summed E-state index contributed by atoms with van der Waals surface area (Å²) in [5.74, 6) is -1.88. The van der Waals surface area contributed by atoms with Crippen LogP contribution in [0.1, 0.15) is 5.56 Å². The molecule has 1 aromatic carbocycles. The SMILES string of the molecule is Cc1c(-c2ccc(F)c(F)c2)nc[nH]c1=O. The van der Waals surface area contributed by atoms with Gasteiger partial charge in [-0.2, -0.15) is 0 Å². The molecule has 2 aromatic rings. The summed E-state index contributed by atoms with van der Waals surface area (Å²) in [6.07, 6.45) is 1.23. The van der Waals surface area contributed by atoms with Gasteiger partial charge in [-0.1, -0.05) is 0 Å². The third kappa shape index (κ3) is 1.71. The summed E-state index contributed by atoms with van der Waals surface area (Å²) >= 11 is 0. The number of halogens is 2. The van der Waals surface area contributed by atoms with E-state index in [0.717, 1.165) is 12.1 Å². The molecule has 2 rings (SSSR count). The summed E-state index contributed by atoms with van der Waals surface area (Å²) in [6.45, 7) is 1.57. The van der Waals surface area contributed by atoms with Crippen LogP contribution in [-0.2, 0) is 0 Å². The van der Waals surface area contributed by atoms with Crippen LogP contribution in [0.25, 0.3) is 11.3 Å². The number of H-pyrrole nitrogens is 1. The van der Waals surface area contributed by atoms with Crippen LogP contribution in [0, 0.1) is 18.6 Å². The molecule has 0 spiro atoms. The minimum absolute atomic E-state index is 0.297. The van der Waals surface area contributed by atoms with Crippen LogP contribution >= 0.6 is 0 Å². The zero-order valence-corrected chi connectivity index (χ0v) is 8.42. The van der Waals surface area contributed by atoms with Gasteiger partial charge in [-0.25, -0.2) is 13.8 Å². The largest absolute Gasteiger partial charge is 0.313 e. The Kier molecular flexibility index (Phi) is 2.52. The Bertz CT molecular complexity index is 593. The lowest BCUT2D eigenvalue weighted by Gasteiger charge is -2.03. The zero-order valence-electron chi connectivity index (χ0n) is 8.42. The maximum atomic E-state index is 13.0. The lowest BCUT2D eigenvalue weighted by atomic mass is 10.1. The van der Waals surface area contributed by atoms with Crippen molar-refractivity contribution in [3.05, 3.63) is 52.1 Å². The third-order valence-electron chi connectivity index (χ3n) is 2.28. The van der Waals surface area contributed by atoms with Crippen molar-refractivity contribution in [2.75, 3.05) is 0 Å². The van der Waals surface area contributed by atoms with Gasteiger partial charge in [0.2, 0.25) is 0 Å². The molecule has 0 saturated heterocycles. The maximum absolute atomic E-state index is 13.0. The topological polar surface area (TPSA) is 45.8 Å². The second kappa shape index (κ2) is 3.84. The number of hydrogen-bond donors (Lipinski definition) is 1. The maximum Gasteiger partial charge on any atom is 0.254 e. The van der Waals surface area contributed by atoms with Crippen molar-refractivity contribution >= 4 is 0 Å². The molecule has 0 atom stereocenters. The first-order valence-corrected chi connectivity index (χ1v) is 4.59. The van der Waals surface area contributed by atoms with Gasteiger partial charge in [-0.05, 0) is 25.1 Å². The highest BCUT2D eigenvalue weighted by Gasteiger charge is 2.09. The van der Waals surface area contributed by atoms with E-state index in [1.807, 2.05) is 0 Å². The highest BCUT2D eigenvalue weighted by Crippen LogP contribution is 2.20. The van der Waals surface area contributed by atoms with Gasteiger partial charge in [0, 0.05) is 11.1 Å². The Hall–Kier alpha value is -2.04. The fraction of sp³-hybridized carbons (Fsp3) is 0.0909. The van der Waals surface area contributed by atoms with Crippen LogP contribution in [-0.4, -0.2) is 9.97 Å². The molecule has 0 aliphatic carbocycles. The van der Waals surface area contributed by atoms with Gasteiger partial charge in [-0.15, -0.1) is 0 Å². The molecular weight excluding hydrogens is 214 g/mol. The quantitative estimate of drug-likeness (QED) is 0.802. The van der Waals surface area contributed by atoms with Crippen molar-refractivity contribution < 1.29 is 8.78 Å². The first-order chi connectivity index (χ1) is 7.59. The number of aromatic nitrogens is 2. The lowest BCUT2D eigenvalue weighted by Crippen LogP contribution is -2.11. The molecule has 3 nitrogen and oxygen atoms in total. The summed E-state index contributed by atoms with van der Waals surface area (Å²) in [5, 5.41) is 0. The predicted octanol–water partition coefficient (Wildman–Crippen LogP) is 2.02. The van der Waals surface area contributed by atoms with Gasteiger partial charge in [0.1, 0.15) is 0 Å². The average molecular weight is 222 g/mol. The van der Waals surface area contributed by atoms with Crippen LogP contribution in [0.3, 0.4) is 0 Å². The molecule has 0 saturated carbocycles. The smallest absolute Gasteiger partial charge is 0.254 e. The van der Waals surface area contributed by atoms with Gasteiger partial charge in [0.15, 0.2) is 11.6 Å². The van der Waals surface area contributed by atoms with E-state index in [9.17, 15) is 13.6 Å². The summed E-state index contributed by atoms with van der Waals surface area (Å²) in [5.41, 5.74) is 0.799. The molecule has 0 unspecified atom stereocenters. The minimum Gasteiger partial charge on any atom is -0.313 e. The van der Waals surface area contributed by atoms with Crippen molar-refractivity contribution in [2.45, 2.75) is 6.92 Å². The summed E-state index contributed by atoms with van der Waals surface area (Å²) < 4.78 is 25.7. The van der Waals surface area contributed by atoms with Crippen molar-refractivity contribution in [3.63, 3.8) is 0 Å². The summed E-state index contributed by atoms with van der Waals surface area (Å²) in [7, 11) is 0. The second-order valence-electron chi connectivity index (χ2n) is 3.33. The summed E-state index contributed by atoms with van der Waals surface area (Å²) in [6, 6.07) is 3.41. The Balaban J connectivity index is 2.63. The fourth-order valence-electron chi connectivity index (χ4n) is 1.40. The van der Waals surface area contributed by atoms with E-state index in [1.165, 1.54) is 12.4 Å². The van der Waals surface area contributed by atoms with Crippen molar-refractivity contribution in [3.8, 4) is 11.3 Å². The van der Waals surface area contributed by atoms with E-state index in [4.69, 9.17) is 0 Å². The van der Waals surface area contributed by atoms with E-state index in [2.05, 4.69) is 9.97 Å². The van der Waals surface area contributed by atoms with E-state index in [-0.39, 0.29) is 5.56 Å². The van der Waals surface area contributed by atoms with Crippen LogP contribution < -0.4 is 5.56 Å². The number of aromatic amines is 1. The van der Waals surface area contributed by atoms with Gasteiger partial charge in [0.05, 0.1) is 12.0 Å². The van der Waals surface area contributed by atoms with Gasteiger partial charge in [-0.3, -0.25) is 4.79 Å². The molecule has 16 heavy (non-hydrogen) atoms. The van der Waals surface area contributed by atoms with Gasteiger partial charge in [0.25, 0.3) is 5.56 Å². The third-order valence-corrected chi connectivity index (χ3v) is 2.28. The highest BCUT2D eigenvalue weighted by molar-refractivity contribution is 5.61. The van der Waals surface area contributed by atoms with E-state index >= 15 is 0 Å². The molecule has 0 fully saturated rings. The van der Waals surface area contributed by atoms with Crippen LogP contribution in [0.2, 0.25) is 0 Å². The molecule has 1 aromatic heterocycles. The highest BCUT2D eigenvalue weighted by atomic mass is 19.2. The number of benzene rings is 1. The van der Waals surface area contributed by atoms with E-state index in [0.29, 0.717) is 16.8 Å². The first-order valence-electron chi connectivity index (χ1n) is 4.59. The van der Waals surface area contributed by atoms with Crippen LogP contribution in [0.5, 0.6) is 0 Å². The molecule has 5 heteroatoms. The predicted molar refractivity (Wildman–Crippen MR) is 54.9 cm³/mol. The second-order valence-corrected chi connectivity index (χ2v) is 3.33. The molecule has 0 amide bonds. The Labute approximate surface area is 89.8 Å². The van der Waals surface area contributed by atoms with Gasteiger partial charge >= 0.3 is 0 Å². The number of hydrogen-bond acceptors (Lipinski definition) is 2. The number of nitrogens with one attached hydrogen (secondary N) is 1. The first kappa shape index (κ1) is 10.5. The molecule has 1 N–H and O–H groups in total. The lowest BCUT2D eigenvalue weighted by molar-refractivity contribution is 0.509. The monoisotopic (exact) mass is 222 g/mol. The average Bonchev–Trinajstić information content (AvgIpc) is 2.26. The Morgan fingerprint density at radius 2 is 2.00 bits per heavy atom. The fourth-order valence-corrected chi connectivity index (χ4v) is 1.40. The van der Waals surface area contributed by atoms with E-state index in [1.54, 1.807) is 6.92 Å². The molecule has 82 valence electrons. The van der Waals surface area contributed by atoms with Gasteiger partial charge < -0.3 is 4.98 Å². The number of nitrogens with zero attached hydrogens (tertiary/aromatic N) is 1. The molecular formula is C11H8F2N2O. The van der Waals surface area contributed by atoms with Crippen molar-refractivity contribution in [1.29, 1.82) is 0 Å². The van der Waals surface area contributed by atoms with Crippen LogP contribution in [0.15, 0.2) is 29.3 Å². The summed E-state index contributed by atoms with van der Waals surface area (Å²) in [4.78, 5) is 17.6. The molecule has 0 aliphatic rings. The van der Waals surface area contributed by atoms with E-state index < -0.39 is 11.6 Å². The molecule has 1 heterocycles.